The molecule has 1 fully saturated rings. The third kappa shape index (κ3) is 2.54. The SMILES string of the molecule is c1ncc(-c2ccc(NC3CCOCC3)cc2)[nH]1. The predicted octanol–water partition coefficient (Wildman–Crippen LogP) is 2.67. The third-order valence-corrected chi connectivity index (χ3v) is 3.29. The minimum Gasteiger partial charge on any atom is -0.382 e. The van der Waals surface area contributed by atoms with E-state index in [1.165, 1.54) is 5.69 Å². The standard InChI is InChI=1S/C14H17N3O/c1-3-12(17-13-5-7-18-8-6-13)4-2-11(1)14-9-15-10-16-14/h1-4,9-10,13,17H,5-8H2,(H,15,16). The first-order chi connectivity index (χ1) is 8.92. The normalized spacial score (nSPS) is 16.7. The topological polar surface area (TPSA) is 49.9 Å². The van der Waals surface area contributed by atoms with Crippen molar-refractivity contribution >= 4 is 5.69 Å². The Morgan fingerprint density at radius 2 is 1.94 bits per heavy atom. The van der Waals surface area contributed by atoms with Crippen molar-refractivity contribution in [1.82, 2.24) is 9.97 Å². The molecule has 4 nitrogen and oxygen atoms in total. The summed E-state index contributed by atoms with van der Waals surface area (Å²) in [5.74, 6) is 0. The molecular weight excluding hydrogens is 226 g/mol. The molecule has 1 aromatic carbocycles. The Kier molecular flexibility index (Phi) is 3.28. The fourth-order valence-electron chi connectivity index (χ4n) is 2.24. The number of ether oxygens (including phenoxy) is 1. The van der Waals surface area contributed by atoms with Crippen LogP contribution in [-0.4, -0.2) is 29.2 Å². The number of aromatic amines is 1. The summed E-state index contributed by atoms with van der Waals surface area (Å²) in [4.78, 5) is 7.14. The minimum absolute atomic E-state index is 0.539. The van der Waals surface area contributed by atoms with Gasteiger partial charge in [0.1, 0.15) is 0 Å². The lowest BCUT2D eigenvalue weighted by Gasteiger charge is -2.24. The van der Waals surface area contributed by atoms with Gasteiger partial charge >= 0.3 is 0 Å². The lowest BCUT2D eigenvalue weighted by molar-refractivity contribution is 0.0904. The Bertz CT molecular complexity index is 472. The molecule has 4 heteroatoms. The van der Waals surface area contributed by atoms with Gasteiger partial charge in [-0.05, 0) is 30.5 Å². The Morgan fingerprint density at radius 3 is 2.61 bits per heavy atom. The number of nitrogens with one attached hydrogen (secondary N) is 2. The van der Waals surface area contributed by atoms with Gasteiger partial charge in [0.15, 0.2) is 0 Å². The average Bonchev–Trinajstić information content (AvgIpc) is 2.95. The van der Waals surface area contributed by atoms with E-state index in [4.69, 9.17) is 4.74 Å². The van der Waals surface area contributed by atoms with Gasteiger partial charge in [-0.25, -0.2) is 4.98 Å². The van der Waals surface area contributed by atoms with Crippen LogP contribution >= 0.6 is 0 Å². The maximum atomic E-state index is 5.35. The van der Waals surface area contributed by atoms with Gasteiger partial charge in [-0.15, -0.1) is 0 Å². The summed E-state index contributed by atoms with van der Waals surface area (Å²) in [5, 5.41) is 3.55. The van der Waals surface area contributed by atoms with Gasteiger partial charge in [0.05, 0.1) is 18.2 Å². The monoisotopic (exact) mass is 243 g/mol. The van der Waals surface area contributed by atoms with Crippen molar-refractivity contribution in [3.05, 3.63) is 36.8 Å². The van der Waals surface area contributed by atoms with E-state index < -0.39 is 0 Å². The molecule has 0 radical (unpaired) electrons. The van der Waals surface area contributed by atoms with Crippen molar-refractivity contribution in [2.24, 2.45) is 0 Å². The van der Waals surface area contributed by atoms with Crippen molar-refractivity contribution in [3.8, 4) is 11.3 Å². The Balaban J connectivity index is 1.67. The molecular formula is C14H17N3O. The molecule has 0 unspecified atom stereocenters. The van der Waals surface area contributed by atoms with E-state index in [1.807, 2.05) is 6.20 Å². The highest BCUT2D eigenvalue weighted by Gasteiger charge is 2.13. The molecule has 0 spiro atoms. The second kappa shape index (κ2) is 5.23. The highest BCUT2D eigenvalue weighted by Crippen LogP contribution is 2.20. The Morgan fingerprint density at radius 1 is 1.17 bits per heavy atom. The van der Waals surface area contributed by atoms with Crippen LogP contribution in [0, 0.1) is 0 Å². The predicted molar refractivity (Wildman–Crippen MR) is 71.5 cm³/mol. The smallest absolute Gasteiger partial charge is 0.0924 e. The summed E-state index contributed by atoms with van der Waals surface area (Å²) in [7, 11) is 0. The minimum atomic E-state index is 0.539. The first kappa shape index (κ1) is 11.3. The first-order valence-electron chi connectivity index (χ1n) is 6.35. The fourth-order valence-corrected chi connectivity index (χ4v) is 2.24. The molecule has 2 N–H and O–H groups in total. The molecule has 0 aliphatic carbocycles. The van der Waals surface area contributed by atoms with E-state index in [0.29, 0.717) is 6.04 Å². The quantitative estimate of drug-likeness (QED) is 0.871. The van der Waals surface area contributed by atoms with Gasteiger partial charge in [0.2, 0.25) is 0 Å². The average molecular weight is 243 g/mol. The van der Waals surface area contributed by atoms with Crippen LogP contribution in [0.4, 0.5) is 5.69 Å². The summed E-state index contributed by atoms with van der Waals surface area (Å²) >= 11 is 0. The van der Waals surface area contributed by atoms with E-state index >= 15 is 0 Å². The molecule has 94 valence electrons. The molecule has 0 saturated carbocycles. The Labute approximate surface area is 106 Å². The van der Waals surface area contributed by atoms with Crippen LogP contribution in [-0.2, 0) is 4.74 Å². The van der Waals surface area contributed by atoms with Crippen molar-refractivity contribution in [3.63, 3.8) is 0 Å². The largest absolute Gasteiger partial charge is 0.382 e. The first-order valence-corrected chi connectivity index (χ1v) is 6.35. The highest BCUT2D eigenvalue weighted by molar-refractivity contribution is 5.62. The van der Waals surface area contributed by atoms with Gasteiger partial charge in [-0.1, -0.05) is 12.1 Å². The number of benzene rings is 1. The third-order valence-electron chi connectivity index (χ3n) is 3.29. The van der Waals surface area contributed by atoms with E-state index in [-0.39, 0.29) is 0 Å². The van der Waals surface area contributed by atoms with Crippen molar-refractivity contribution < 1.29 is 4.74 Å². The molecule has 18 heavy (non-hydrogen) atoms. The number of rotatable bonds is 3. The number of imidazole rings is 1. The number of hydrogen-bond donors (Lipinski definition) is 2. The zero-order chi connectivity index (χ0) is 12.2. The molecule has 2 heterocycles. The van der Waals surface area contributed by atoms with Gasteiger partial charge < -0.3 is 15.0 Å². The molecule has 0 bridgehead atoms. The zero-order valence-corrected chi connectivity index (χ0v) is 10.2. The van der Waals surface area contributed by atoms with Gasteiger partial charge in [-0.2, -0.15) is 0 Å². The number of aromatic nitrogens is 2. The molecule has 1 aromatic heterocycles. The van der Waals surface area contributed by atoms with Crippen LogP contribution in [0.5, 0.6) is 0 Å². The molecule has 0 amide bonds. The number of H-pyrrole nitrogens is 1. The van der Waals surface area contributed by atoms with Gasteiger partial charge in [-0.3, -0.25) is 0 Å². The van der Waals surface area contributed by atoms with E-state index in [9.17, 15) is 0 Å². The van der Waals surface area contributed by atoms with E-state index in [0.717, 1.165) is 37.3 Å². The molecule has 3 rings (SSSR count). The van der Waals surface area contributed by atoms with Crippen LogP contribution in [0.2, 0.25) is 0 Å². The summed E-state index contributed by atoms with van der Waals surface area (Å²) in [6.45, 7) is 1.73. The lowest BCUT2D eigenvalue weighted by atomic mass is 10.1. The molecule has 1 saturated heterocycles. The second-order valence-corrected chi connectivity index (χ2v) is 4.57. The van der Waals surface area contributed by atoms with Crippen molar-refractivity contribution in [2.45, 2.75) is 18.9 Å². The van der Waals surface area contributed by atoms with Crippen LogP contribution < -0.4 is 5.32 Å². The summed E-state index contributed by atoms with van der Waals surface area (Å²) in [6, 6.07) is 8.98. The van der Waals surface area contributed by atoms with Crippen molar-refractivity contribution in [1.29, 1.82) is 0 Å². The number of anilines is 1. The number of hydrogen-bond acceptors (Lipinski definition) is 3. The maximum Gasteiger partial charge on any atom is 0.0924 e. The zero-order valence-electron chi connectivity index (χ0n) is 10.2. The van der Waals surface area contributed by atoms with Crippen LogP contribution in [0.25, 0.3) is 11.3 Å². The second-order valence-electron chi connectivity index (χ2n) is 4.57. The van der Waals surface area contributed by atoms with Gasteiger partial charge in [0.25, 0.3) is 0 Å². The highest BCUT2D eigenvalue weighted by atomic mass is 16.5. The molecule has 2 aromatic rings. The maximum absolute atomic E-state index is 5.35. The van der Waals surface area contributed by atoms with E-state index in [1.54, 1.807) is 6.33 Å². The van der Waals surface area contributed by atoms with Crippen LogP contribution in [0.1, 0.15) is 12.8 Å². The van der Waals surface area contributed by atoms with Crippen LogP contribution in [0.15, 0.2) is 36.8 Å². The fraction of sp³-hybridized carbons (Fsp3) is 0.357. The number of nitrogens with zero attached hydrogens (tertiary/aromatic N) is 1. The van der Waals surface area contributed by atoms with Crippen LogP contribution in [0.3, 0.4) is 0 Å². The summed E-state index contributed by atoms with van der Waals surface area (Å²) in [5.41, 5.74) is 3.38. The summed E-state index contributed by atoms with van der Waals surface area (Å²) < 4.78 is 5.35. The molecule has 1 aliphatic rings. The van der Waals surface area contributed by atoms with E-state index in [2.05, 4.69) is 39.6 Å². The molecule has 0 atom stereocenters. The molecule has 1 aliphatic heterocycles. The lowest BCUT2D eigenvalue weighted by Crippen LogP contribution is -2.27. The summed E-state index contributed by atoms with van der Waals surface area (Å²) in [6.07, 6.45) is 5.70. The van der Waals surface area contributed by atoms with Gasteiger partial charge in [0, 0.05) is 24.9 Å². The van der Waals surface area contributed by atoms with Crippen molar-refractivity contribution in [2.75, 3.05) is 18.5 Å². The Hall–Kier alpha value is -1.81.